The number of benzene rings is 2. The molecule has 1 saturated heterocycles. The molecule has 2 aromatic rings. The SMILES string of the molecule is CC1(C)S[C@H](CN)N[C@H]1C(=O)OC(c1ccccc1)c1ccccc1. The van der Waals surface area contributed by atoms with E-state index >= 15 is 0 Å². The third-order valence-corrected chi connectivity index (χ3v) is 5.84. The molecule has 5 heteroatoms. The van der Waals surface area contributed by atoms with Crippen LogP contribution < -0.4 is 11.1 Å². The molecule has 1 fully saturated rings. The van der Waals surface area contributed by atoms with Gasteiger partial charge in [0, 0.05) is 11.3 Å². The molecule has 3 rings (SSSR count). The number of hydrogen-bond acceptors (Lipinski definition) is 5. The van der Waals surface area contributed by atoms with Crippen molar-refractivity contribution < 1.29 is 9.53 Å². The molecule has 0 unspecified atom stereocenters. The van der Waals surface area contributed by atoms with E-state index in [1.165, 1.54) is 0 Å². The van der Waals surface area contributed by atoms with Crippen LogP contribution in [0.2, 0.25) is 0 Å². The smallest absolute Gasteiger partial charge is 0.325 e. The first-order valence-corrected chi connectivity index (χ1v) is 9.33. The summed E-state index contributed by atoms with van der Waals surface area (Å²) < 4.78 is 5.71. The highest BCUT2D eigenvalue weighted by Gasteiger charge is 2.46. The Morgan fingerprint density at radius 3 is 2.08 bits per heavy atom. The summed E-state index contributed by atoms with van der Waals surface area (Å²) in [4.78, 5) is 12.9. The van der Waals surface area contributed by atoms with Gasteiger partial charge in [-0.3, -0.25) is 10.1 Å². The molecule has 132 valence electrons. The summed E-state index contributed by atoms with van der Waals surface area (Å²) >= 11 is 1.69. The molecule has 2 aromatic carbocycles. The Balaban J connectivity index is 1.85. The Labute approximate surface area is 153 Å². The van der Waals surface area contributed by atoms with Gasteiger partial charge in [-0.2, -0.15) is 0 Å². The molecular formula is C20H24N2O2S. The first-order chi connectivity index (χ1) is 12.0. The molecule has 0 bridgehead atoms. The Kier molecular flexibility index (Phi) is 5.47. The second kappa shape index (κ2) is 7.60. The van der Waals surface area contributed by atoms with E-state index in [0.717, 1.165) is 11.1 Å². The molecule has 3 N–H and O–H groups in total. The minimum Gasteiger partial charge on any atom is -0.451 e. The maximum absolute atomic E-state index is 12.9. The van der Waals surface area contributed by atoms with Gasteiger partial charge in [0.05, 0.1) is 5.37 Å². The molecule has 0 aromatic heterocycles. The fourth-order valence-electron chi connectivity index (χ4n) is 3.09. The van der Waals surface area contributed by atoms with Crippen molar-refractivity contribution in [3.05, 3.63) is 71.8 Å². The number of nitrogens with one attached hydrogen (secondary N) is 1. The van der Waals surface area contributed by atoms with Gasteiger partial charge >= 0.3 is 5.97 Å². The molecule has 0 amide bonds. The van der Waals surface area contributed by atoms with Crippen molar-refractivity contribution in [2.24, 2.45) is 5.73 Å². The van der Waals surface area contributed by atoms with Crippen LogP contribution in [0.5, 0.6) is 0 Å². The Hall–Kier alpha value is -1.82. The second-order valence-electron chi connectivity index (χ2n) is 6.68. The van der Waals surface area contributed by atoms with E-state index in [9.17, 15) is 4.79 Å². The average molecular weight is 356 g/mol. The van der Waals surface area contributed by atoms with E-state index in [2.05, 4.69) is 5.32 Å². The number of thioether (sulfide) groups is 1. The second-order valence-corrected chi connectivity index (χ2v) is 8.54. The lowest BCUT2D eigenvalue weighted by Crippen LogP contribution is -2.47. The van der Waals surface area contributed by atoms with Gasteiger partial charge in [0.15, 0.2) is 6.10 Å². The van der Waals surface area contributed by atoms with Gasteiger partial charge < -0.3 is 10.5 Å². The van der Waals surface area contributed by atoms with E-state index in [4.69, 9.17) is 10.5 Å². The number of carbonyl (C=O) groups is 1. The molecule has 0 saturated carbocycles. The summed E-state index contributed by atoms with van der Waals surface area (Å²) in [6.45, 7) is 4.58. The summed E-state index contributed by atoms with van der Waals surface area (Å²) in [6.07, 6.45) is -0.422. The van der Waals surface area contributed by atoms with Crippen molar-refractivity contribution in [3.8, 4) is 0 Å². The van der Waals surface area contributed by atoms with Crippen LogP contribution >= 0.6 is 11.8 Å². The van der Waals surface area contributed by atoms with E-state index in [1.54, 1.807) is 11.8 Å². The molecule has 4 nitrogen and oxygen atoms in total. The van der Waals surface area contributed by atoms with Crippen molar-refractivity contribution in [2.75, 3.05) is 6.54 Å². The van der Waals surface area contributed by atoms with Crippen LogP contribution in [0.15, 0.2) is 60.7 Å². The third kappa shape index (κ3) is 4.06. The molecule has 25 heavy (non-hydrogen) atoms. The van der Waals surface area contributed by atoms with Crippen molar-refractivity contribution in [1.29, 1.82) is 0 Å². The average Bonchev–Trinajstić information content (AvgIpc) is 2.95. The molecule has 0 spiro atoms. The van der Waals surface area contributed by atoms with Gasteiger partial charge in [-0.05, 0) is 25.0 Å². The quantitative estimate of drug-likeness (QED) is 0.806. The van der Waals surface area contributed by atoms with E-state index < -0.39 is 6.10 Å². The van der Waals surface area contributed by atoms with E-state index in [0.29, 0.717) is 6.54 Å². The zero-order chi connectivity index (χ0) is 17.9. The van der Waals surface area contributed by atoms with Crippen molar-refractivity contribution >= 4 is 17.7 Å². The number of esters is 1. The highest BCUT2D eigenvalue weighted by atomic mass is 32.2. The van der Waals surface area contributed by atoms with Gasteiger partial charge in [-0.25, -0.2) is 0 Å². The molecule has 1 heterocycles. The largest absolute Gasteiger partial charge is 0.451 e. The Morgan fingerprint density at radius 1 is 1.12 bits per heavy atom. The molecule has 0 aliphatic carbocycles. The summed E-state index contributed by atoms with van der Waals surface area (Å²) in [6, 6.07) is 19.3. The van der Waals surface area contributed by atoms with Crippen LogP contribution in [0.25, 0.3) is 0 Å². The van der Waals surface area contributed by atoms with Crippen LogP contribution in [-0.4, -0.2) is 28.7 Å². The van der Waals surface area contributed by atoms with E-state index in [-0.39, 0.29) is 22.1 Å². The molecule has 0 radical (unpaired) electrons. The normalized spacial score (nSPS) is 22.1. The van der Waals surface area contributed by atoms with E-state index in [1.807, 2.05) is 74.5 Å². The first-order valence-electron chi connectivity index (χ1n) is 8.45. The van der Waals surface area contributed by atoms with Gasteiger partial charge in [0.2, 0.25) is 0 Å². The topological polar surface area (TPSA) is 64.3 Å². The monoisotopic (exact) mass is 356 g/mol. The molecule has 2 atom stereocenters. The first kappa shape index (κ1) is 18.0. The van der Waals surface area contributed by atoms with Gasteiger partial charge in [-0.1, -0.05) is 60.7 Å². The fraction of sp³-hybridized carbons (Fsp3) is 0.350. The molecule has 1 aliphatic rings. The van der Waals surface area contributed by atoms with Crippen LogP contribution in [0.4, 0.5) is 0 Å². The van der Waals surface area contributed by atoms with Gasteiger partial charge in [0.25, 0.3) is 0 Å². The summed E-state index contributed by atoms with van der Waals surface area (Å²) in [5.74, 6) is -0.244. The molecular weight excluding hydrogens is 332 g/mol. The summed E-state index contributed by atoms with van der Waals surface area (Å²) in [5, 5.41) is 3.37. The summed E-state index contributed by atoms with van der Waals surface area (Å²) in [5.41, 5.74) is 7.68. The fourth-order valence-corrected chi connectivity index (χ4v) is 4.43. The zero-order valence-corrected chi connectivity index (χ0v) is 15.3. The zero-order valence-electron chi connectivity index (χ0n) is 14.5. The highest BCUT2D eigenvalue weighted by molar-refractivity contribution is 8.01. The van der Waals surface area contributed by atoms with Crippen LogP contribution in [0.1, 0.15) is 31.1 Å². The van der Waals surface area contributed by atoms with Gasteiger partial charge in [0.1, 0.15) is 6.04 Å². The van der Waals surface area contributed by atoms with Gasteiger partial charge in [-0.15, -0.1) is 11.8 Å². The third-order valence-electron chi connectivity index (χ3n) is 4.38. The predicted octanol–water partition coefficient (Wildman–Crippen LogP) is 3.09. The maximum atomic E-state index is 12.9. The summed E-state index contributed by atoms with van der Waals surface area (Å²) in [7, 11) is 0. The lowest BCUT2D eigenvalue weighted by molar-refractivity contribution is -0.150. The molecule has 1 aliphatic heterocycles. The number of rotatable bonds is 5. The van der Waals surface area contributed by atoms with Crippen LogP contribution in [0, 0.1) is 0 Å². The lowest BCUT2D eigenvalue weighted by Gasteiger charge is -2.26. The number of nitrogens with two attached hydrogens (primary N) is 1. The standard InChI is InChI=1S/C20H24N2O2S/c1-20(2)18(22-16(13-21)25-20)19(23)24-17(14-9-5-3-6-10-14)15-11-7-4-8-12-15/h3-12,16-18,22H,13,21H2,1-2H3/t16-,18+/m1/s1. The lowest BCUT2D eigenvalue weighted by atomic mass is 10.00. The van der Waals surface area contributed by atoms with Crippen LogP contribution in [0.3, 0.4) is 0 Å². The highest BCUT2D eigenvalue weighted by Crippen LogP contribution is 2.39. The minimum absolute atomic E-state index is 0.0689. The Morgan fingerprint density at radius 2 is 1.64 bits per heavy atom. The number of hydrogen-bond donors (Lipinski definition) is 2. The van der Waals surface area contributed by atoms with Crippen molar-refractivity contribution in [1.82, 2.24) is 5.32 Å². The van der Waals surface area contributed by atoms with Crippen molar-refractivity contribution in [3.63, 3.8) is 0 Å². The maximum Gasteiger partial charge on any atom is 0.325 e. The van der Waals surface area contributed by atoms with Crippen molar-refractivity contribution in [2.45, 2.75) is 36.1 Å². The number of carbonyl (C=O) groups excluding carboxylic acids is 1. The number of ether oxygens (including phenoxy) is 1. The van der Waals surface area contributed by atoms with Crippen LogP contribution in [-0.2, 0) is 9.53 Å². The predicted molar refractivity (Wildman–Crippen MR) is 102 cm³/mol. The Bertz CT molecular complexity index is 667. The minimum atomic E-state index is -0.422.